The molecule has 0 saturated heterocycles. The van der Waals surface area contributed by atoms with Gasteiger partial charge >= 0.3 is 158 Å². The Morgan fingerprint density at radius 3 is 2.00 bits per heavy atom. The molecule has 4 aromatic rings. The summed E-state index contributed by atoms with van der Waals surface area (Å²) in [4.78, 5) is 0. The summed E-state index contributed by atoms with van der Waals surface area (Å²) in [6.45, 7) is 0.758. The molecule has 4 rings (SSSR count). The van der Waals surface area contributed by atoms with E-state index in [0.717, 1.165) is 17.8 Å². The minimum absolute atomic E-state index is 0.577. The first kappa shape index (κ1) is 16.1. The summed E-state index contributed by atoms with van der Waals surface area (Å²) >= 11 is -0.577. The predicted molar refractivity (Wildman–Crippen MR) is 102 cm³/mol. The molecule has 0 unspecified atom stereocenters. The van der Waals surface area contributed by atoms with Crippen molar-refractivity contribution in [3.8, 4) is 11.3 Å². The summed E-state index contributed by atoms with van der Waals surface area (Å²) in [5.41, 5.74) is 3.40. The average Bonchev–Trinajstić information content (AvgIpc) is 3.06. The zero-order valence-corrected chi connectivity index (χ0v) is 15.9. The minimum atomic E-state index is -0.577. The molecule has 0 saturated carbocycles. The predicted octanol–water partition coefficient (Wildman–Crippen LogP) is 2.65. The molecule has 0 bridgehead atoms. The summed E-state index contributed by atoms with van der Waals surface area (Å²) in [5.74, 6) is 0. The third-order valence-corrected chi connectivity index (χ3v) is 7.02. The van der Waals surface area contributed by atoms with E-state index in [0.29, 0.717) is 0 Å². The van der Waals surface area contributed by atoms with E-state index in [-0.39, 0.29) is 0 Å². The van der Waals surface area contributed by atoms with Crippen LogP contribution < -0.4 is 7.35 Å². The summed E-state index contributed by atoms with van der Waals surface area (Å²) < 4.78 is 4.74. The first-order valence-electron chi connectivity index (χ1n) is 8.16. The van der Waals surface area contributed by atoms with E-state index in [2.05, 4.69) is 93.9 Å². The van der Waals surface area contributed by atoms with E-state index >= 15 is 0 Å². The van der Waals surface area contributed by atoms with Crippen molar-refractivity contribution in [1.29, 1.82) is 0 Å². The van der Waals surface area contributed by atoms with Crippen LogP contribution >= 0.6 is 0 Å². The van der Waals surface area contributed by atoms with Crippen molar-refractivity contribution in [1.82, 2.24) is 15.0 Å². The fourth-order valence-electron chi connectivity index (χ4n) is 2.64. The molecule has 25 heavy (non-hydrogen) atoms. The SMILES string of the molecule is c1ccc(Cn2nnc(-c3ccccc3)c2[Te]c2ccccc2)cc1. The van der Waals surface area contributed by atoms with Gasteiger partial charge in [-0.15, -0.1) is 0 Å². The van der Waals surface area contributed by atoms with Crippen molar-refractivity contribution in [3.05, 3.63) is 96.6 Å². The van der Waals surface area contributed by atoms with Crippen LogP contribution in [0.1, 0.15) is 5.56 Å². The van der Waals surface area contributed by atoms with Gasteiger partial charge < -0.3 is 0 Å². The molecule has 3 aromatic carbocycles. The Balaban J connectivity index is 1.75. The third-order valence-electron chi connectivity index (χ3n) is 3.87. The summed E-state index contributed by atoms with van der Waals surface area (Å²) in [6, 6.07) is 31.5. The van der Waals surface area contributed by atoms with Crippen molar-refractivity contribution in [2.75, 3.05) is 0 Å². The Kier molecular flexibility index (Phi) is 4.92. The topological polar surface area (TPSA) is 30.7 Å². The molecule has 1 heterocycles. The van der Waals surface area contributed by atoms with Gasteiger partial charge in [0.05, 0.1) is 0 Å². The van der Waals surface area contributed by atoms with Crippen LogP contribution in [0.4, 0.5) is 0 Å². The summed E-state index contributed by atoms with van der Waals surface area (Å²) in [5, 5.41) is 9.01. The molecule has 1 aromatic heterocycles. The van der Waals surface area contributed by atoms with Crippen LogP contribution in [0.15, 0.2) is 91.0 Å². The maximum absolute atomic E-state index is 4.52. The van der Waals surface area contributed by atoms with Gasteiger partial charge in [0.2, 0.25) is 0 Å². The van der Waals surface area contributed by atoms with Gasteiger partial charge in [-0.2, -0.15) is 0 Å². The zero-order chi connectivity index (χ0) is 16.9. The monoisotopic (exact) mass is 441 g/mol. The van der Waals surface area contributed by atoms with Crippen LogP contribution in [0.5, 0.6) is 0 Å². The first-order valence-corrected chi connectivity index (χ1v) is 10.5. The van der Waals surface area contributed by atoms with E-state index in [1.54, 1.807) is 0 Å². The van der Waals surface area contributed by atoms with E-state index in [9.17, 15) is 0 Å². The van der Waals surface area contributed by atoms with Gasteiger partial charge in [-0.1, -0.05) is 0 Å². The van der Waals surface area contributed by atoms with Crippen molar-refractivity contribution < 1.29 is 0 Å². The van der Waals surface area contributed by atoms with E-state index in [1.165, 1.54) is 12.9 Å². The van der Waals surface area contributed by atoms with Gasteiger partial charge in [-0.25, -0.2) is 0 Å². The van der Waals surface area contributed by atoms with Gasteiger partial charge in [-0.05, 0) is 0 Å². The molecule has 0 aliphatic rings. The van der Waals surface area contributed by atoms with Crippen LogP contribution in [-0.2, 0) is 6.54 Å². The van der Waals surface area contributed by atoms with Crippen molar-refractivity contribution >= 4 is 28.3 Å². The third kappa shape index (κ3) is 3.82. The Labute approximate surface area is 157 Å². The van der Waals surface area contributed by atoms with Crippen LogP contribution in [-0.4, -0.2) is 35.9 Å². The molecular formula is C21H17N3Te. The molecular weight excluding hydrogens is 422 g/mol. The van der Waals surface area contributed by atoms with Crippen molar-refractivity contribution in [3.63, 3.8) is 0 Å². The zero-order valence-electron chi connectivity index (χ0n) is 13.6. The Bertz CT molecular complexity index is 935. The maximum atomic E-state index is 4.52. The van der Waals surface area contributed by atoms with E-state index < -0.39 is 20.9 Å². The van der Waals surface area contributed by atoms with Crippen LogP contribution in [0.2, 0.25) is 0 Å². The Hall–Kier alpha value is -2.41. The van der Waals surface area contributed by atoms with Gasteiger partial charge in [0.15, 0.2) is 0 Å². The molecule has 0 radical (unpaired) electrons. The van der Waals surface area contributed by atoms with Gasteiger partial charge in [0, 0.05) is 0 Å². The summed E-state index contributed by atoms with van der Waals surface area (Å²) in [7, 11) is 0. The molecule has 0 atom stereocenters. The molecule has 0 N–H and O–H groups in total. The average molecular weight is 439 g/mol. The number of aromatic nitrogens is 3. The van der Waals surface area contributed by atoms with Crippen LogP contribution in [0.25, 0.3) is 11.3 Å². The Morgan fingerprint density at radius 1 is 0.720 bits per heavy atom. The molecule has 0 spiro atoms. The van der Waals surface area contributed by atoms with E-state index in [4.69, 9.17) is 0 Å². The number of nitrogens with zero attached hydrogens (tertiary/aromatic N) is 3. The first-order chi connectivity index (χ1) is 12.4. The van der Waals surface area contributed by atoms with Crippen LogP contribution in [0, 0.1) is 0 Å². The molecule has 3 nitrogen and oxygen atoms in total. The summed E-state index contributed by atoms with van der Waals surface area (Å²) in [6.07, 6.45) is 0. The fraction of sp³-hybridized carbons (Fsp3) is 0.0476. The number of hydrogen-bond donors (Lipinski definition) is 0. The Morgan fingerprint density at radius 2 is 1.32 bits per heavy atom. The van der Waals surface area contributed by atoms with Gasteiger partial charge in [-0.3, -0.25) is 0 Å². The molecule has 0 fully saturated rings. The number of rotatable bonds is 5. The molecule has 4 heteroatoms. The molecule has 0 aliphatic carbocycles. The van der Waals surface area contributed by atoms with Gasteiger partial charge in [0.25, 0.3) is 0 Å². The number of hydrogen-bond acceptors (Lipinski definition) is 2. The second-order valence-electron chi connectivity index (χ2n) is 5.67. The van der Waals surface area contributed by atoms with Crippen LogP contribution in [0.3, 0.4) is 0 Å². The second-order valence-corrected chi connectivity index (χ2v) is 8.70. The normalized spacial score (nSPS) is 10.7. The van der Waals surface area contributed by atoms with Gasteiger partial charge in [0.1, 0.15) is 0 Å². The molecule has 122 valence electrons. The fourth-order valence-corrected chi connectivity index (χ4v) is 5.43. The standard InChI is InChI=1S/C21H17N3Te/c1-4-10-17(11-5-1)16-24-21(25-19-14-8-3-9-15-19)20(22-23-24)18-12-6-2-7-13-18/h1-15H,16H2. The molecule has 0 aliphatic heterocycles. The molecule has 0 amide bonds. The van der Waals surface area contributed by atoms with Crippen molar-refractivity contribution in [2.45, 2.75) is 6.54 Å². The second kappa shape index (κ2) is 7.65. The van der Waals surface area contributed by atoms with E-state index in [1.807, 2.05) is 12.1 Å². The quantitative estimate of drug-likeness (QED) is 0.448. The van der Waals surface area contributed by atoms with Crippen molar-refractivity contribution in [2.24, 2.45) is 0 Å². The number of benzene rings is 3.